The van der Waals surface area contributed by atoms with Crippen LogP contribution in [0.15, 0.2) is 76.7 Å². The second kappa shape index (κ2) is 9.32. The van der Waals surface area contributed by atoms with Crippen molar-refractivity contribution in [1.29, 1.82) is 0 Å². The summed E-state index contributed by atoms with van der Waals surface area (Å²) < 4.78 is 5.55. The summed E-state index contributed by atoms with van der Waals surface area (Å²) in [6.07, 6.45) is 7.10. The van der Waals surface area contributed by atoms with Gasteiger partial charge >= 0.3 is 6.09 Å². The maximum atomic E-state index is 12.9. The molecule has 1 amide bonds. The number of amidine groups is 1. The summed E-state index contributed by atoms with van der Waals surface area (Å²) in [5, 5.41) is 9.45. The fraction of sp³-hybridized carbons (Fsp3) is 0.273. The van der Waals surface area contributed by atoms with Gasteiger partial charge in [0, 0.05) is 38.5 Å². The zero-order chi connectivity index (χ0) is 20.8. The highest BCUT2D eigenvalue weighted by Crippen LogP contribution is 2.29. The van der Waals surface area contributed by atoms with Crippen LogP contribution >= 0.6 is 0 Å². The lowest BCUT2D eigenvalue weighted by atomic mass is 10.0. The van der Waals surface area contributed by atoms with E-state index in [0.717, 1.165) is 11.4 Å². The van der Waals surface area contributed by atoms with Crippen molar-refractivity contribution in [3.8, 4) is 5.75 Å². The topological polar surface area (TPSA) is 90.6 Å². The second-order valence-electron chi connectivity index (χ2n) is 6.92. The number of aliphatic hydroxyl groups excluding tert-OH is 1. The highest BCUT2D eigenvalue weighted by molar-refractivity contribution is 5.92. The van der Waals surface area contributed by atoms with Gasteiger partial charge in [0.1, 0.15) is 12.4 Å². The Morgan fingerprint density at radius 3 is 2.80 bits per heavy atom. The van der Waals surface area contributed by atoms with Crippen LogP contribution in [0.3, 0.4) is 0 Å². The number of aliphatic hydroxyl groups is 1. The number of hydrogen-bond donors (Lipinski definition) is 1. The number of carbonyl (C=O) groups is 1. The number of piperazine rings is 1. The van der Waals surface area contributed by atoms with Gasteiger partial charge in [-0.25, -0.2) is 14.8 Å². The summed E-state index contributed by atoms with van der Waals surface area (Å²) >= 11 is 0. The molecular formula is C22H23N5O3. The number of pyridine rings is 1. The standard InChI is InChI=1S/C22H23N5O3/c28-16-20-24-11-5-9-21(25-20)26-12-13-27(19(15-26)17-6-2-1-3-7-17)22(29)30-18-8-4-10-23-14-18/h1-4,6-11,14,19,28H,5,12-13,15-16H2. The normalized spacial score (nSPS) is 19.0. The van der Waals surface area contributed by atoms with E-state index in [1.165, 1.54) is 6.20 Å². The number of nitrogens with zero attached hydrogens (tertiary/aromatic N) is 5. The van der Waals surface area contributed by atoms with E-state index in [4.69, 9.17) is 4.74 Å². The molecule has 2 aliphatic heterocycles. The number of amides is 1. The molecule has 154 valence electrons. The molecule has 2 aromatic rings. The van der Waals surface area contributed by atoms with E-state index in [1.54, 1.807) is 29.4 Å². The Morgan fingerprint density at radius 2 is 2.03 bits per heavy atom. The largest absolute Gasteiger partial charge is 0.415 e. The number of aromatic nitrogens is 1. The molecule has 1 saturated heterocycles. The van der Waals surface area contributed by atoms with Crippen LogP contribution in [0.2, 0.25) is 0 Å². The van der Waals surface area contributed by atoms with Gasteiger partial charge in [-0.2, -0.15) is 0 Å². The fourth-order valence-corrected chi connectivity index (χ4v) is 3.54. The summed E-state index contributed by atoms with van der Waals surface area (Å²) in [6.45, 7) is 1.41. The molecule has 1 aromatic carbocycles. The highest BCUT2D eigenvalue weighted by atomic mass is 16.6. The van der Waals surface area contributed by atoms with Gasteiger partial charge in [0.2, 0.25) is 0 Å². The molecule has 3 heterocycles. The van der Waals surface area contributed by atoms with Crippen molar-refractivity contribution in [1.82, 2.24) is 14.8 Å². The fourth-order valence-electron chi connectivity index (χ4n) is 3.54. The second-order valence-corrected chi connectivity index (χ2v) is 6.92. The number of rotatable bonds is 4. The molecular weight excluding hydrogens is 382 g/mol. The first-order valence-electron chi connectivity index (χ1n) is 9.84. The number of ether oxygens (including phenoxy) is 1. The Morgan fingerprint density at radius 1 is 1.17 bits per heavy atom. The Kier molecular flexibility index (Phi) is 6.14. The molecule has 30 heavy (non-hydrogen) atoms. The van der Waals surface area contributed by atoms with Crippen LogP contribution in [-0.2, 0) is 0 Å². The van der Waals surface area contributed by atoms with E-state index in [0.29, 0.717) is 37.6 Å². The van der Waals surface area contributed by atoms with Crippen molar-refractivity contribution in [3.05, 3.63) is 72.3 Å². The van der Waals surface area contributed by atoms with E-state index < -0.39 is 6.09 Å². The van der Waals surface area contributed by atoms with Crippen LogP contribution in [0.5, 0.6) is 5.75 Å². The van der Waals surface area contributed by atoms with Crippen molar-refractivity contribution in [2.75, 3.05) is 26.2 Å². The zero-order valence-corrected chi connectivity index (χ0v) is 16.5. The minimum Gasteiger partial charge on any atom is -0.409 e. The molecule has 8 heteroatoms. The Bertz CT molecular complexity index is 959. The maximum Gasteiger partial charge on any atom is 0.415 e. The molecule has 0 spiro atoms. The van der Waals surface area contributed by atoms with Crippen LogP contribution < -0.4 is 4.74 Å². The molecule has 1 N–H and O–H groups in total. The molecule has 0 aliphatic carbocycles. The van der Waals surface area contributed by atoms with Gasteiger partial charge in [0.15, 0.2) is 11.6 Å². The van der Waals surface area contributed by atoms with Gasteiger partial charge in [0.25, 0.3) is 0 Å². The minimum atomic E-state index is -0.408. The first-order chi connectivity index (χ1) is 14.7. The zero-order valence-electron chi connectivity index (χ0n) is 16.5. The Hall–Kier alpha value is -3.52. The predicted octanol–water partition coefficient (Wildman–Crippen LogP) is 2.65. The number of hydrogen-bond acceptors (Lipinski definition) is 7. The number of benzene rings is 1. The molecule has 4 rings (SSSR count). The van der Waals surface area contributed by atoms with Gasteiger partial charge in [-0.3, -0.25) is 9.88 Å². The van der Waals surface area contributed by atoms with Crippen LogP contribution in [0.4, 0.5) is 4.79 Å². The van der Waals surface area contributed by atoms with E-state index in [-0.39, 0.29) is 12.6 Å². The van der Waals surface area contributed by atoms with Gasteiger partial charge in [0.05, 0.1) is 12.2 Å². The van der Waals surface area contributed by atoms with E-state index in [1.807, 2.05) is 36.4 Å². The van der Waals surface area contributed by atoms with Crippen molar-refractivity contribution in [2.24, 2.45) is 9.98 Å². The van der Waals surface area contributed by atoms with Crippen molar-refractivity contribution < 1.29 is 14.6 Å². The predicted molar refractivity (Wildman–Crippen MR) is 113 cm³/mol. The van der Waals surface area contributed by atoms with Crippen LogP contribution in [0, 0.1) is 0 Å². The average Bonchev–Trinajstić information content (AvgIpc) is 3.06. The first-order valence-corrected chi connectivity index (χ1v) is 9.84. The summed E-state index contributed by atoms with van der Waals surface area (Å²) in [6, 6.07) is 13.1. The summed E-state index contributed by atoms with van der Waals surface area (Å²) in [5.74, 6) is 1.56. The lowest BCUT2D eigenvalue weighted by Gasteiger charge is -2.41. The molecule has 0 saturated carbocycles. The van der Waals surface area contributed by atoms with E-state index in [9.17, 15) is 9.90 Å². The van der Waals surface area contributed by atoms with Crippen molar-refractivity contribution in [2.45, 2.75) is 12.5 Å². The van der Waals surface area contributed by atoms with Crippen LogP contribution in [0.1, 0.15) is 18.0 Å². The van der Waals surface area contributed by atoms with Crippen molar-refractivity contribution >= 4 is 18.1 Å². The third-order valence-corrected chi connectivity index (χ3v) is 4.99. The number of carbonyl (C=O) groups excluding carboxylic acids is 1. The van der Waals surface area contributed by atoms with E-state index in [2.05, 4.69) is 19.9 Å². The Labute approximate surface area is 174 Å². The van der Waals surface area contributed by atoms with Gasteiger partial charge < -0.3 is 14.7 Å². The SMILES string of the molecule is O=C(Oc1cccnc1)N1CCN(C2=CCC=NC(CO)=N2)CC1c1ccccc1. The molecule has 0 radical (unpaired) electrons. The molecule has 1 atom stereocenters. The third kappa shape index (κ3) is 4.55. The number of allylic oxidation sites excluding steroid dienone is 1. The maximum absolute atomic E-state index is 12.9. The summed E-state index contributed by atoms with van der Waals surface area (Å²) in [5.41, 5.74) is 1.02. The van der Waals surface area contributed by atoms with Crippen molar-refractivity contribution in [3.63, 3.8) is 0 Å². The molecule has 0 bridgehead atoms. The van der Waals surface area contributed by atoms with Crippen LogP contribution in [0.25, 0.3) is 0 Å². The average molecular weight is 405 g/mol. The quantitative estimate of drug-likeness (QED) is 0.845. The first kappa shape index (κ1) is 19.8. The van der Waals surface area contributed by atoms with Gasteiger partial charge in [-0.15, -0.1) is 0 Å². The highest BCUT2D eigenvalue weighted by Gasteiger charge is 2.33. The minimum absolute atomic E-state index is 0.207. The van der Waals surface area contributed by atoms with Gasteiger partial charge in [-0.05, 0) is 23.8 Å². The molecule has 1 aromatic heterocycles. The smallest absolute Gasteiger partial charge is 0.409 e. The van der Waals surface area contributed by atoms with E-state index >= 15 is 0 Å². The lowest BCUT2D eigenvalue weighted by Crippen LogP contribution is -2.51. The monoisotopic (exact) mass is 405 g/mol. The van der Waals surface area contributed by atoms with Crippen LogP contribution in [-0.4, -0.2) is 64.3 Å². The Balaban J connectivity index is 1.57. The summed E-state index contributed by atoms with van der Waals surface area (Å²) in [7, 11) is 0. The summed E-state index contributed by atoms with van der Waals surface area (Å²) in [4.78, 5) is 29.5. The lowest BCUT2D eigenvalue weighted by molar-refractivity contribution is 0.0841. The van der Waals surface area contributed by atoms with Gasteiger partial charge in [-0.1, -0.05) is 30.3 Å². The molecule has 2 aliphatic rings. The molecule has 8 nitrogen and oxygen atoms in total. The third-order valence-electron chi connectivity index (χ3n) is 4.99. The number of aliphatic imine (C=N–C) groups is 2. The molecule has 1 fully saturated rings. The molecule has 1 unspecified atom stereocenters.